The molecule has 1 aromatic heterocycles. The minimum absolute atomic E-state index is 0.400. The summed E-state index contributed by atoms with van der Waals surface area (Å²) >= 11 is 5.71. The Morgan fingerprint density at radius 2 is 1.79 bits per heavy atom. The first kappa shape index (κ1) is 13.8. The summed E-state index contributed by atoms with van der Waals surface area (Å²) in [7, 11) is 0. The van der Waals surface area contributed by atoms with Gasteiger partial charge in [-0.1, -0.05) is 25.4 Å². The monoisotopic (exact) mass is 276 g/mol. The van der Waals surface area contributed by atoms with Crippen LogP contribution in [0.25, 0.3) is 11.3 Å². The first-order valence-electron chi connectivity index (χ1n) is 6.37. The lowest BCUT2D eigenvalue weighted by molar-refractivity contribution is 0.289. The van der Waals surface area contributed by atoms with Crippen molar-refractivity contribution >= 4 is 11.6 Å². The van der Waals surface area contributed by atoms with E-state index in [0.717, 1.165) is 30.0 Å². The smallest absolute Gasteiger partial charge is 0.151 e. The van der Waals surface area contributed by atoms with E-state index in [1.54, 1.807) is 6.07 Å². The van der Waals surface area contributed by atoms with Crippen LogP contribution >= 0.6 is 11.6 Å². The molecule has 0 radical (unpaired) electrons. The Kier molecular flexibility index (Phi) is 4.74. The summed E-state index contributed by atoms with van der Waals surface area (Å²) in [5, 5.41) is 8.27. The predicted molar refractivity (Wildman–Crippen MR) is 77.4 cm³/mol. The zero-order valence-electron chi connectivity index (χ0n) is 11.1. The van der Waals surface area contributed by atoms with Gasteiger partial charge in [0.25, 0.3) is 0 Å². The molecule has 19 heavy (non-hydrogen) atoms. The Morgan fingerprint density at radius 1 is 1.05 bits per heavy atom. The average molecular weight is 277 g/mol. The van der Waals surface area contributed by atoms with Crippen LogP contribution in [-0.2, 0) is 0 Å². The first-order valence-corrected chi connectivity index (χ1v) is 6.75. The molecule has 0 spiro atoms. The van der Waals surface area contributed by atoms with Crippen LogP contribution in [0.3, 0.4) is 0 Å². The van der Waals surface area contributed by atoms with Crippen LogP contribution < -0.4 is 4.74 Å². The van der Waals surface area contributed by atoms with Gasteiger partial charge in [0.2, 0.25) is 0 Å². The number of nitrogens with zero attached hydrogens (tertiary/aromatic N) is 2. The Hall–Kier alpha value is -1.61. The molecule has 3 nitrogen and oxygen atoms in total. The highest BCUT2D eigenvalue weighted by atomic mass is 35.5. The molecule has 0 saturated heterocycles. The van der Waals surface area contributed by atoms with Crippen molar-refractivity contribution in [3.63, 3.8) is 0 Å². The van der Waals surface area contributed by atoms with Gasteiger partial charge in [0.05, 0.1) is 12.3 Å². The molecule has 0 fully saturated rings. The minimum atomic E-state index is 0.400. The van der Waals surface area contributed by atoms with Crippen LogP contribution in [0, 0.1) is 5.92 Å². The largest absolute Gasteiger partial charge is 0.494 e. The average Bonchev–Trinajstić information content (AvgIpc) is 2.40. The summed E-state index contributed by atoms with van der Waals surface area (Å²) < 4.78 is 5.67. The van der Waals surface area contributed by atoms with Gasteiger partial charge in [0.1, 0.15) is 5.75 Å². The van der Waals surface area contributed by atoms with Gasteiger partial charge in [0.15, 0.2) is 5.15 Å². The molecular weight excluding hydrogens is 260 g/mol. The number of hydrogen-bond acceptors (Lipinski definition) is 3. The van der Waals surface area contributed by atoms with E-state index in [9.17, 15) is 0 Å². The zero-order chi connectivity index (χ0) is 13.7. The standard InChI is InChI=1S/C15H17ClN2O/c1-11(2)9-10-19-13-5-3-12(4-6-13)14-7-8-15(16)18-17-14/h3-8,11H,9-10H2,1-2H3. The van der Waals surface area contributed by atoms with Gasteiger partial charge in [-0.2, -0.15) is 0 Å². The molecule has 0 N–H and O–H groups in total. The summed E-state index contributed by atoms with van der Waals surface area (Å²) in [6.45, 7) is 5.12. The maximum atomic E-state index is 5.71. The number of hydrogen-bond donors (Lipinski definition) is 0. The molecule has 4 heteroatoms. The van der Waals surface area contributed by atoms with Crippen molar-refractivity contribution in [1.82, 2.24) is 10.2 Å². The van der Waals surface area contributed by atoms with Crippen molar-refractivity contribution in [3.05, 3.63) is 41.6 Å². The lowest BCUT2D eigenvalue weighted by Crippen LogP contribution is -2.01. The minimum Gasteiger partial charge on any atom is -0.494 e. The maximum absolute atomic E-state index is 5.71. The fraction of sp³-hybridized carbons (Fsp3) is 0.333. The molecule has 0 unspecified atom stereocenters. The SMILES string of the molecule is CC(C)CCOc1ccc(-c2ccc(Cl)nn2)cc1. The topological polar surface area (TPSA) is 35.0 Å². The normalized spacial score (nSPS) is 10.7. The van der Waals surface area contributed by atoms with Gasteiger partial charge < -0.3 is 4.74 Å². The van der Waals surface area contributed by atoms with Gasteiger partial charge in [-0.3, -0.25) is 0 Å². The summed E-state index contributed by atoms with van der Waals surface area (Å²) in [6, 6.07) is 11.4. The molecule has 0 aliphatic carbocycles. The lowest BCUT2D eigenvalue weighted by atomic mass is 10.1. The van der Waals surface area contributed by atoms with E-state index < -0.39 is 0 Å². The van der Waals surface area contributed by atoms with Gasteiger partial charge in [0, 0.05) is 5.56 Å². The molecule has 1 aromatic carbocycles. The van der Waals surface area contributed by atoms with Crippen LogP contribution in [0.1, 0.15) is 20.3 Å². The maximum Gasteiger partial charge on any atom is 0.151 e. The summed E-state index contributed by atoms with van der Waals surface area (Å²) in [5.41, 5.74) is 1.80. The van der Waals surface area contributed by atoms with E-state index in [2.05, 4.69) is 24.0 Å². The van der Waals surface area contributed by atoms with Gasteiger partial charge in [-0.05, 0) is 48.7 Å². The third-order valence-electron chi connectivity index (χ3n) is 2.75. The molecule has 100 valence electrons. The van der Waals surface area contributed by atoms with Crippen LogP contribution in [0.15, 0.2) is 36.4 Å². The van der Waals surface area contributed by atoms with Crippen LogP contribution in [0.5, 0.6) is 5.75 Å². The van der Waals surface area contributed by atoms with E-state index in [-0.39, 0.29) is 0 Å². The fourth-order valence-corrected chi connectivity index (χ4v) is 1.71. The second-order valence-electron chi connectivity index (χ2n) is 4.80. The highest BCUT2D eigenvalue weighted by Crippen LogP contribution is 2.21. The molecule has 0 atom stereocenters. The number of halogens is 1. The van der Waals surface area contributed by atoms with Crippen molar-refractivity contribution in [1.29, 1.82) is 0 Å². The third kappa shape index (κ3) is 4.21. The highest BCUT2D eigenvalue weighted by Gasteiger charge is 2.01. The Labute approximate surface area is 118 Å². The zero-order valence-corrected chi connectivity index (χ0v) is 11.9. The van der Waals surface area contributed by atoms with Gasteiger partial charge >= 0.3 is 0 Å². The van der Waals surface area contributed by atoms with Crippen molar-refractivity contribution in [2.75, 3.05) is 6.61 Å². The summed E-state index contributed by atoms with van der Waals surface area (Å²) in [5.74, 6) is 1.54. The molecule has 0 aliphatic heterocycles. The Morgan fingerprint density at radius 3 is 2.37 bits per heavy atom. The number of ether oxygens (including phenoxy) is 1. The quantitative estimate of drug-likeness (QED) is 0.820. The van der Waals surface area contributed by atoms with E-state index in [1.165, 1.54) is 0 Å². The van der Waals surface area contributed by atoms with Gasteiger partial charge in [-0.25, -0.2) is 0 Å². The molecular formula is C15H17ClN2O. The van der Waals surface area contributed by atoms with Crippen molar-refractivity contribution in [2.45, 2.75) is 20.3 Å². The summed E-state index contributed by atoms with van der Waals surface area (Å²) in [4.78, 5) is 0. The van der Waals surface area contributed by atoms with Crippen LogP contribution in [0.4, 0.5) is 0 Å². The first-order chi connectivity index (χ1) is 9.15. The predicted octanol–water partition coefficient (Wildman–Crippen LogP) is 4.22. The number of rotatable bonds is 5. The van der Waals surface area contributed by atoms with E-state index >= 15 is 0 Å². The second-order valence-corrected chi connectivity index (χ2v) is 5.18. The Balaban J connectivity index is 2.00. The number of aromatic nitrogens is 2. The fourth-order valence-electron chi connectivity index (χ4n) is 1.60. The molecule has 0 aliphatic rings. The number of benzene rings is 1. The van der Waals surface area contributed by atoms with E-state index in [4.69, 9.17) is 16.3 Å². The third-order valence-corrected chi connectivity index (χ3v) is 2.95. The molecule has 0 amide bonds. The van der Waals surface area contributed by atoms with E-state index in [1.807, 2.05) is 30.3 Å². The molecule has 0 saturated carbocycles. The van der Waals surface area contributed by atoms with E-state index in [0.29, 0.717) is 11.1 Å². The molecule has 0 bridgehead atoms. The molecule has 2 rings (SSSR count). The Bertz CT molecular complexity index is 509. The molecule has 2 aromatic rings. The van der Waals surface area contributed by atoms with Crippen molar-refractivity contribution in [3.8, 4) is 17.0 Å². The molecule has 1 heterocycles. The summed E-state index contributed by atoms with van der Waals surface area (Å²) in [6.07, 6.45) is 1.06. The van der Waals surface area contributed by atoms with Crippen molar-refractivity contribution in [2.24, 2.45) is 5.92 Å². The second kappa shape index (κ2) is 6.53. The van der Waals surface area contributed by atoms with Crippen molar-refractivity contribution < 1.29 is 4.74 Å². The highest BCUT2D eigenvalue weighted by molar-refractivity contribution is 6.29. The van der Waals surface area contributed by atoms with Crippen LogP contribution in [-0.4, -0.2) is 16.8 Å². The lowest BCUT2D eigenvalue weighted by Gasteiger charge is -2.08. The van der Waals surface area contributed by atoms with Crippen LogP contribution in [0.2, 0.25) is 5.15 Å². The van der Waals surface area contributed by atoms with Gasteiger partial charge in [-0.15, -0.1) is 10.2 Å².